The standard InChI is InChI=1S/C16H26N4O3/c1-16(2,3)15-17-13(18-23-15)11-19-6-8-20(9-7-19)14(21)12-5-4-10-22-12/h12H,4-11H2,1-3H3/t12-/m1/s1. The van der Waals surface area contributed by atoms with Gasteiger partial charge in [-0.3, -0.25) is 9.69 Å². The molecule has 3 rings (SSSR count). The van der Waals surface area contributed by atoms with Gasteiger partial charge in [-0.15, -0.1) is 0 Å². The van der Waals surface area contributed by atoms with Crippen LogP contribution in [0.15, 0.2) is 4.52 Å². The largest absolute Gasteiger partial charge is 0.368 e. The highest BCUT2D eigenvalue weighted by atomic mass is 16.5. The molecule has 0 aromatic carbocycles. The van der Waals surface area contributed by atoms with E-state index < -0.39 is 0 Å². The summed E-state index contributed by atoms with van der Waals surface area (Å²) in [5.41, 5.74) is -0.127. The zero-order valence-electron chi connectivity index (χ0n) is 14.2. The number of aromatic nitrogens is 2. The van der Waals surface area contributed by atoms with E-state index in [1.54, 1.807) is 0 Å². The number of hydrogen-bond donors (Lipinski definition) is 0. The minimum atomic E-state index is -0.215. The number of hydrogen-bond acceptors (Lipinski definition) is 6. The Hall–Kier alpha value is -1.47. The van der Waals surface area contributed by atoms with Crippen LogP contribution >= 0.6 is 0 Å². The number of carbonyl (C=O) groups is 1. The molecule has 2 aliphatic heterocycles. The molecule has 128 valence electrons. The van der Waals surface area contributed by atoms with Crippen molar-refractivity contribution >= 4 is 5.91 Å². The van der Waals surface area contributed by atoms with Crippen LogP contribution in [0, 0.1) is 0 Å². The fourth-order valence-corrected chi connectivity index (χ4v) is 2.93. The molecule has 3 heterocycles. The van der Waals surface area contributed by atoms with Gasteiger partial charge in [0.15, 0.2) is 5.82 Å². The zero-order chi connectivity index (χ0) is 16.4. The smallest absolute Gasteiger partial charge is 0.251 e. The molecule has 0 N–H and O–H groups in total. The molecule has 0 bridgehead atoms. The first-order valence-electron chi connectivity index (χ1n) is 8.39. The van der Waals surface area contributed by atoms with E-state index in [-0.39, 0.29) is 17.4 Å². The van der Waals surface area contributed by atoms with Crippen molar-refractivity contribution in [1.29, 1.82) is 0 Å². The van der Waals surface area contributed by atoms with Crippen LogP contribution in [0.2, 0.25) is 0 Å². The minimum Gasteiger partial charge on any atom is -0.368 e. The Kier molecular flexibility index (Phi) is 4.68. The average molecular weight is 322 g/mol. The molecule has 1 aromatic heterocycles. The van der Waals surface area contributed by atoms with Crippen molar-refractivity contribution in [2.75, 3.05) is 32.8 Å². The summed E-state index contributed by atoms with van der Waals surface area (Å²) in [5, 5.41) is 4.07. The second kappa shape index (κ2) is 6.57. The fraction of sp³-hybridized carbons (Fsp3) is 0.812. The fourth-order valence-electron chi connectivity index (χ4n) is 2.93. The number of amides is 1. The summed E-state index contributed by atoms with van der Waals surface area (Å²) in [4.78, 5) is 21.0. The normalized spacial score (nSPS) is 23.4. The molecule has 0 unspecified atom stereocenters. The summed E-state index contributed by atoms with van der Waals surface area (Å²) < 4.78 is 10.8. The Bertz CT molecular complexity index is 538. The second-order valence-electron chi connectivity index (χ2n) is 7.37. The molecular formula is C16H26N4O3. The summed E-state index contributed by atoms with van der Waals surface area (Å²) in [5.74, 6) is 1.53. The van der Waals surface area contributed by atoms with Crippen molar-refractivity contribution < 1.29 is 14.1 Å². The summed E-state index contributed by atoms with van der Waals surface area (Å²) in [6, 6.07) is 0. The van der Waals surface area contributed by atoms with Crippen LogP contribution in [0.5, 0.6) is 0 Å². The lowest BCUT2D eigenvalue weighted by Gasteiger charge is -2.35. The Morgan fingerprint density at radius 2 is 2.00 bits per heavy atom. The van der Waals surface area contributed by atoms with Gasteiger partial charge >= 0.3 is 0 Å². The Labute approximate surface area is 137 Å². The van der Waals surface area contributed by atoms with Gasteiger partial charge in [0.25, 0.3) is 5.91 Å². The lowest BCUT2D eigenvalue weighted by molar-refractivity contribution is -0.142. The van der Waals surface area contributed by atoms with Gasteiger partial charge in [-0.25, -0.2) is 0 Å². The Balaban J connectivity index is 1.49. The monoisotopic (exact) mass is 322 g/mol. The lowest BCUT2D eigenvalue weighted by atomic mass is 9.97. The van der Waals surface area contributed by atoms with Gasteiger partial charge in [-0.05, 0) is 12.8 Å². The molecule has 0 radical (unpaired) electrons. The molecule has 2 aliphatic rings. The number of carbonyl (C=O) groups excluding carboxylic acids is 1. The number of ether oxygens (including phenoxy) is 1. The molecule has 2 fully saturated rings. The maximum absolute atomic E-state index is 12.3. The van der Waals surface area contributed by atoms with Crippen molar-refractivity contribution in [3.05, 3.63) is 11.7 Å². The third kappa shape index (κ3) is 3.90. The predicted octanol–water partition coefficient (Wildman–Crippen LogP) is 1.19. The van der Waals surface area contributed by atoms with E-state index in [1.165, 1.54) is 0 Å². The van der Waals surface area contributed by atoms with E-state index in [1.807, 2.05) is 4.90 Å². The van der Waals surface area contributed by atoms with Crippen LogP contribution in [0.25, 0.3) is 0 Å². The first-order valence-corrected chi connectivity index (χ1v) is 8.39. The van der Waals surface area contributed by atoms with Crippen molar-refractivity contribution in [3.63, 3.8) is 0 Å². The zero-order valence-corrected chi connectivity index (χ0v) is 14.2. The van der Waals surface area contributed by atoms with E-state index in [0.29, 0.717) is 24.9 Å². The van der Waals surface area contributed by atoms with Crippen LogP contribution in [0.4, 0.5) is 0 Å². The van der Waals surface area contributed by atoms with Crippen LogP contribution in [-0.4, -0.2) is 64.7 Å². The molecule has 1 amide bonds. The van der Waals surface area contributed by atoms with Crippen LogP contribution in [0.1, 0.15) is 45.3 Å². The van der Waals surface area contributed by atoms with E-state index >= 15 is 0 Å². The van der Waals surface area contributed by atoms with Crippen LogP contribution < -0.4 is 0 Å². The summed E-state index contributed by atoms with van der Waals surface area (Å²) in [7, 11) is 0. The predicted molar refractivity (Wildman–Crippen MR) is 83.8 cm³/mol. The third-order valence-corrected chi connectivity index (χ3v) is 4.36. The van der Waals surface area contributed by atoms with E-state index in [4.69, 9.17) is 9.26 Å². The third-order valence-electron chi connectivity index (χ3n) is 4.36. The highest BCUT2D eigenvalue weighted by Gasteiger charge is 2.30. The topological polar surface area (TPSA) is 71.7 Å². The maximum atomic E-state index is 12.3. The molecule has 2 saturated heterocycles. The quantitative estimate of drug-likeness (QED) is 0.832. The molecule has 7 nitrogen and oxygen atoms in total. The van der Waals surface area contributed by atoms with Gasteiger partial charge in [0.1, 0.15) is 6.10 Å². The molecular weight excluding hydrogens is 296 g/mol. The average Bonchev–Trinajstić information content (AvgIpc) is 3.18. The van der Waals surface area contributed by atoms with Gasteiger partial charge < -0.3 is 14.2 Å². The number of nitrogens with zero attached hydrogens (tertiary/aromatic N) is 4. The first-order chi connectivity index (χ1) is 10.9. The van der Waals surface area contributed by atoms with Gasteiger partial charge in [0.2, 0.25) is 5.89 Å². The maximum Gasteiger partial charge on any atom is 0.251 e. The SMILES string of the molecule is CC(C)(C)c1nc(CN2CCN(C(=O)[C@H]3CCCO3)CC2)no1. The second-order valence-corrected chi connectivity index (χ2v) is 7.37. The molecule has 0 saturated carbocycles. The highest BCUT2D eigenvalue weighted by molar-refractivity contribution is 5.81. The van der Waals surface area contributed by atoms with Gasteiger partial charge in [0, 0.05) is 38.2 Å². The van der Waals surface area contributed by atoms with Crippen LogP contribution in [-0.2, 0) is 21.5 Å². The highest BCUT2D eigenvalue weighted by Crippen LogP contribution is 2.20. The molecule has 0 aliphatic carbocycles. The molecule has 23 heavy (non-hydrogen) atoms. The van der Waals surface area contributed by atoms with Crippen molar-refractivity contribution in [3.8, 4) is 0 Å². The summed E-state index contributed by atoms with van der Waals surface area (Å²) in [6.07, 6.45) is 1.63. The van der Waals surface area contributed by atoms with E-state index in [9.17, 15) is 4.79 Å². The van der Waals surface area contributed by atoms with Crippen LogP contribution in [0.3, 0.4) is 0 Å². The summed E-state index contributed by atoms with van der Waals surface area (Å²) in [6.45, 7) is 10.7. The van der Waals surface area contributed by atoms with Gasteiger partial charge in [0.05, 0.1) is 6.54 Å². The Morgan fingerprint density at radius 3 is 2.57 bits per heavy atom. The van der Waals surface area contributed by atoms with Crippen molar-refractivity contribution in [1.82, 2.24) is 19.9 Å². The van der Waals surface area contributed by atoms with Crippen molar-refractivity contribution in [2.24, 2.45) is 0 Å². The Morgan fingerprint density at radius 1 is 1.26 bits per heavy atom. The van der Waals surface area contributed by atoms with Crippen molar-refractivity contribution in [2.45, 2.75) is 51.7 Å². The molecule has 1 atom stereocenters. The number of rotatable bonds is 3. The lowest BCUT2D eigenvalue weighted by Crippen LogP contribution is -2.51. The molecule has 7 heteroatoms. The molecule has 1 aromatic rings. The van der Waals surface area contributed by atoms with E-state index in [2.05, 4.69) is 35.8 Å². The van der Waals surface area contributed by atoms with E-state index in [0.717, 1.165) is 39.0 Å². The first kappa shape index (κ1) is 16.4. The minimum absolute atomic E-state index is 0.127. The number of piperazine rings is 1. The summed E-state index contributed by atoms with van der Waals surface area (Å²) >= 11 is 0. The van der Waals surface area contributed by atoms with Gasteiger partial charge in [-0.1, -0.05) is 25.9 Å². The molecule has 0 spiro atoms. The van der Waals surface area contributed by atoms with Gasteiger partial charge in [-0.2, -0.15) is 4.98 Å².